The van der Waals surface area contributed by atoms with Gasteiger partial charge in [0.1, 0.15) is 5.82 Å². The summed E-state index contributed by atoms with van der Waals surface area (Å²) in [6.45, 7) is 6.67. The summed E-state index contributed by atoms with van der Waals surface area (Å²) in [6.07, 6.45) is -2.09. The van der Waals surface area contributed by atoms with Gasteiger partial charge in [0.25, 0.3) is 0 Å². The van der Waals surface area contributed by atoms with Gasteiger partial charge in [-0.3, -0.25) is 4.90 Å². The van der Waals surface area contributed by atoms with Crippen LogP contribution in [0.3, 0.4) is 0 Å². The standard InChI is InChI=1S/C13H18FNO3/c1-8(16)10-7-9(14)5-6-11(10)15(12(17)18)13(2,3)4/h5-8,16H,1-4H3,(H,17,18)/t8-/m1/s1. The fraction of sp³-hybridized carbons (Fsp3) is 0.462. The largest absolute Gasteiger partial charge is 0.465 e. The van der Waals surface area contributed by atoms with E-state index in [1.807, 2.05) is 0 Å². The zero-order valence-corrected chi connectivity index (χ0v) is 10.9. The summed E-state index contributed by atoms with van der Waals surface area (Å²) < 4.78 is 13.2. The van der Waals surface area contributed by atoms with Crippen molar-refractivity contribution >= 4 is 11.8 Å². The van der Waals surface area contributed by atoms with Gasteiger partial charge in [-0.25, -0.2) is 9.18 Å². The van der Waals surface area contributed by atoms with E-state index >= 15 is 0 Å². The first kappa shape index (κ1) is 14.4. The average Bonchev–Trinajstić information content (AvgIpc) is 2.17. The first-order valence-electron chi connectivity index (χ1n) is 5.65. The Labute approximate surface area is 106 Å². The molecule has 0 heterocycles. The maximum Gasteiger partial charge on any atom is 0.412 e. The van der Waals surface area contributed by atoms with Crippen molar-refractivity contribution in [2.24, 2.45) is 0 Å². The van der Waals surface area contributed by atoms with Crippen LogP contribution < -0.4 is 4.90 Å². The number of aliphatic hydroxyl groups is 1. The molecule has 1 aromatic rings. The van der Waals surface area contributed by atoms with Crippen LogP contribution in [-0.4, -0.2) is 21.8 Å². The molecule has 0 spiro atoms. The van der Waals surface area contributed by atoms with Crippen molar-refractivity contribution in [1.29, 1.82) is 0 Å². The maximum absolute atomic E-state index is 13.2. The Bertz CT molecular complexity index is 452. The Morgan fingerprint density at radius 1 is 1.39 bits per heavy atom. The second-order valence-corrected chi connectivity index (χ2v) is 5.17. The van der Waals surface area contributed by atoms with E-state index in [0.717, 1.165) is 11.0 Å². The molecule has 0 fully saturated rings. The molecule has 0 aliphatic heterocycles. The lowest BCUT2D eigenvalue weighted by Gasteiger charge is -2.34. The minimum atomic E-state index is -1.14. The molecule has 0 bridgehead atoms. The van der Waals surface area contributed by atoms with Crippen LogP contribution in [-0.2, 0) is 0 Å². The molecule has 0 aliphatic carbocycles. The quantitative estimate of drug-likeness (QED) is 0.853. The Morgan fingerprint density at radius 2 is 1.94 bits per heavy atom. The Morgan fingerprint density at radius 3 is 2.33 bits per heavy atom. The Hall–Kier alpha value is -1.62. The molecular weight excluding hydrogens is 237 g/mol. The van der Waals surface area contributed by atoms with Crippen molar-refractivity contribution in [3.63, 3.8) is 0 Å². The molecular formula is C13H18FNO3. The van der Waals surface area contributed by atoms with Gasteiger partial charge in [-0.05, 0) is 45.9 Å². The van der Waals surface area contributed by atoms with E-state index in [1.54, 1.807) is 20.8 Å². The molecule has 1 rings (SSSR count). The van der Waals surface area contributed by atoms with Crippen LogP contribution in [0.25, 0.3) is 0 Å². The second kappa shape index (κ2) is 4.94. The topological polar surface area (TPSA) is 60.8 Å². The number of hydrogen-bond donors (Lipinski definition) is 2. The summed E-state index contributed by atoms with van der Waals surface area (Å²) in [6, 6.07) is 3.71. The van der Waals surface area contributed by atoms with E-state index in [4.69, 9.17) is 0 Å². The lowest BCUT2D eigenvalue weighted by Crippen LogP contribution is -2.45. The van der Waals surface area contributed by atoms with Gasteiger partial charge >= 0.3 is 6.09 Å². The molecule has 5 heteroatoms. The van der Waals surface area contributed by atoms with Crippen molar-refractivity contribution in [1.82, 2.24) is 0 Å². The molecule has 1 aromatic carbocycles. The first-order valence-corrected chi connectivity index (χ1v) is 5.65. The Kier molecular flexibility index (Phi) is 3.96. The van der Waals surface area contributed by atoms with Crippen molar-refractivity contribution in [3.05, 3.63) is 29.6 Å². The molecule has 4 nitrogen and oxygen atoms in total. The van der Waals surface area contributed by atoms with E-state index in [-0.39, 0.29) is 5.56 Å². The fourth-order valence-corrected chi connectivity index (χ4v) is 1.81. The molecule has 2 N–H and O–H groups in total. The number of anilines is 1. The highest BCUT2D eigenvalue weighted by Crippen LogP contribution is 2.32. The molecule has 0 aliphatic rings. The number of rotatable bonds is 2. The predicted molar refractivity (Wildman–Crippen MR) is 67.3 cm³/mol. The summed E-state index contributed by atoms with van der Waals surface area (Å²) in [5.74, 6) is -0.506. The highest BCUT2D eigenvalue weighted by Gasteiger charge is 2.30. The van der Waals surface area contributed by atoms with Crippen LogP contribution in [0.1, 0.15) is 39.4 Å². The Balaban J connectivity index is 3.42. The number of hydrogen-bond acceptors (Lipinski definition) is 2. The third-order valence-electron chi connectivity index (χ3n) is 2.54. The SMILES string of the molecule is C[C@@H](O)c1cc(F)ccc1N(C(=O)O)C(C)(C)C. The van der Waals surface area contributed by atoms with Crippen LogP contribution in [0.4, 0.5) is 14.9 Å². The summed E-state index contributed by atoms with van der Waals surface area (Å²) in [5.41, 5.74) is -0.133. The molecule has 1 amide bonds. The number of carbonyl (C=O) groups is 1. The number of benzene rings is 1. The summed E-state index contributed by atoms with van der Waals surface area (Å²) in [7, 11) is 0. The molecule has 0 aromatic heterocycles. The van der Waals surface area contributed by atoms with Gasteiger partial charge in [-0.1, -0.05) is 0 Å². The van der Waals surface area contributed by atoms with Crippen LogP contribution in [0, 0.1) is 5.82 Å². The average molecular weight is 255 g/mol. The van der Waals surface area contributed by atoms with Crippen molar-refractivity contribution in [2.45, 2.75) is 39.3 Å². The van der Waals surface area contributed by atoms with E-state index in [9.17, 15) is 19.4 Å². The van der Waals surface area contributed by atoms with Gasteiger partial charge < -0.3 is 10.2 Å². The minimum absolute atomic E-state index is 0.257. The second-order valence-electron chi connectivity index (χ2n) is 5.17. The van der Waals surface area contributed by atoms with Gasteiger partial charge in [-0.2, -0.15) is 0 Å². The first-order chi connectivity index (χ1) is 8.14. The monoisotopic (exact) mass is 255 g/mol. The molecule has 0 saturated carbocycles. The van der Waals surface area contributed by atoms with Crippen molar-refractivity contribution < 1.29 is 19.4 Å². The van der Waals surface area contributed by atoms with Crippen LogP contribution in [0.2, 0.25) is 0 Å². The van der Waals surface area contributed by atoms with Gasteiger partial charge in [0.15, 0.2) is 0 Å². The zero-order valence-electron chi connectivity index (χ0n) is 10.9. The molecule has 18 heavy (non-hydrogen) atoms. The van der Waals surface area contributed by atoms with Crippen molar-refractivity contribution in [2.75, 3.05) is 4.90 Å². The highest BCUT2D eigenvalue weighted by molar-refractivity contribution is 5.88. The normalized spacial score (nSPS) is 13.2. The molecule has 0 unspecified atom stereocenters. The van der Waals surface area contributed by atoms with Crippen LogP contribution in [0.5, 0.6) is 0 Å². The molecule has 100 valence electrons. The minimum Gasteiger partial charge on any atom is -0.465 e. The highest BCUT2D eigenvalue weighted by atomic mass is 19.1. The number of nitrogens with zero attached hydrogens (tertiary/aromatic N) is 1. The number of halogens is 1. The number of amides is 1. The van der Waals surface area contributed by atoms with Crippen molar-refractivity contribution in [3.8, 4) is 0 Å². The van der Waals surface area contributed by atoms with Crippen LogP contribution in [0.15, 0.2) is 18.2 Å². The van der Waals surface area contributed by atoms with E-state index in [1.165, 1.54) is 19.1 Å². The number of carboxylic acid groups (broad SMARTS) is 1. The molecule has 0 radical (unpaired) electrons. The third-order valence-corrected chi connectivity index (χ3v) is 2.54. The zero-order chi connectivity index (χ0) is 14.1. The van der Waals surface area contributed by atoms with E-state index < -0.39 is 23.6 Å². The maximum atomic E-state index is 13.2. The summed E-state index contributed by atoms with van der Waals surface area (Å²) in [5, 5.41) is 18.9. The molecule has 1 atom stereocenters. The summed E-state index contributed by atoms with van der Waals surface area (Å²) in [4.78, 5) is 12.5. The van der Waals surface area contributed by atoms with Gasteiger partial charge in [0.2, 0.25) is 0 Å². The molecule has 0 saturated heterocycles. The lowest BCUT2D eigenvalue weighted by atomic mass is 10.0. The third kappa shape index (κ3) is 2.98. The summed E-state index contributed by atoms with van der Waals surface area (Å²) >= 11 is 0. The van der Waals surface area contributed by atoms with Crippen LogP contribution >= 0.6 is 0 Å². The number of aliphatic hydroxyl groups excluding tert-OH is 1. The van der Waals surface area contributed by atoms with E-state index in [2.05, 4.69) is 0 Å². The fourth-order valence-electron chi connectivity index (χ4n) is 1.81. The van der Waals surface area contributed by atoms with Gasteiger partial charge in [-0.15, -0.1) is 0 Å². The smallest absolute Gasteiger partial charge is 0.412 e. The van der Waals surface area contributed by atoms with E-state index in [0.29, 0.717) is 5.69 Å². The predicted octanol–water partition coefficient (Wildman–Crippen LogP) is 3.16. The van der Waals surface area contributed by atoms with Gasteiger partial charge in [0.05, 0.1) is 11.8 Å². The lowest BCUT2D eigenvalue weighted by molar-refractivity contribution is 0.191. The van der Waals surface area contributed by atoms with Gasteiger partial charge in [0, 0.05) is 11.1 Å².